The molecule has 0 amide bonds. The van der Waals surface area contributed by atoms with Gasteiger partial charge in [0.2, 0.25) is 0 Å². The molecule has 0 bridgehead atoms. The van der Waals surface area contributed by atoms with Gasteiger partial charge in [-0.15, -0.1) is 0 Å². The zero-order valence-electron chi connectivity index (χ0n) is 9.21. The molecule has 14 heavy (non-hydrogen) atoms. The molecule has 3 heteroatoms. The van der Waals surface area contributed by atoms with Crippen LogP contribution in [0.5, 0.6) is 0 Å². The van der Waals surface area contributed by atoms with Crippen LogP contribution in [0.4, 0.5) is 0 Å². The van der Waals surface area contributed by atoms with E-state index in [0.29, 0.717) is 0 Å². The first-order chi connectivity index (χ1) is 6.91. The van der Waals surface area contributed by atoms with Crippen molar-refractivity contribution in [1.82, 2.24) is 0 Å². The van der Waals surface area contributed by atoms with Crippen LogP contribution in [0.15, 0.2) is 9.98 Å². The first-order valence-corrected chi connectivity index (χ1v) is 5.60. The highest BCUT2D eigenvalue weighted by Crippen LogP contribution is 1.94. The molecule has 0 spiro atoms. The van der Waals surface area contributed by atoms with E-state index in [1.54, 1.807) is 0 Å². The van der Waals surface area contributed by atoms with Gasteiger partial charge in [-0.1, -0.05) is 19.8 Å². The fourth-order valence-electron chi connectivity index (χ4n) is 1.07. The number of aliphatic hydroxyl groups excluding tert-OH is 1. The van der Waals surface area contributed by atoms with Crippen molar-refractivity contribution in [3.63, 3.8) is 0 Å². The van der Waals surface area contributed by atoms with Gasteiger partial charge in [0.15, 0.2) is 0 Å². The fourth-order valence-corrected chi connectivity index (χ4v) is 1.07. The number of aliphatic imine (C=N–C) groups is 2. The van der Waals surface area contributed by atoms with Crippen molar-refractivity contribution in [2.24, 2.45) is 9.98 Å². The third-order valence-corrected chi connectivity index (χ3v) is 1.94. The van der Waals surface area contributed by atoms with Gasteiger partial charge in [-0.25, -0.2) is 9.98 Å². The summed E-state index contributed by atoms with van der Waals surface area (Å²) >= 11 is 0. The van der Waals surface area contributed by atoms with Gasteiger partial charge in [0, 0.05) is 19.7 Å². The maximum Gasteiger partial charge on any atom is 0.0892 e. The molecule has 0 aliphatic heterocycles. The largest absolute Gasteiger partial charge is 0.396 e. The Kier molecular flexibility index (Phi) is 11.8. The van der Waals surface area contributed by atoms with E-state index in [1.807, 2.05) is 0 Å². The van der Waals surface area contributed by atoms with E-state index in [0.717, 1.165) is 38.8 Å². The molecule has 0 aromatic carbocycles. The van der Waals surface area contributed by atoms with Crippen LogP contribution in [0.25, 0.3) is 0 Å². The van der Waals surface area contributed by atoms with E-state index in [2.05, 4.69) is 22.9 Å². The minimum absolute atomic E-state index is 0.287. The molecule has 0 aromatic heterocycles. The molecule has 0 heterocycles. The first-order valence-electron chi connectivity index (χ1n) is 5.60. The molecular weight excluding hydrogens is 176 g/mol. The van der Waals surface area contributed by atoms with E-state index in [-0.39, 0.29) is 6.61 Å². The molecule has 0 unspecified atom stereocenters. The first kappa shape index (κ1) is 13.3. The predicted octanol–water partition coefficient (Wildman–Crippen LogP) is 2.51. The van der Waals surface area contributed by atoms with Gasteiger partial charge in [-0.05, 0) is 25.7 Å². The second-order valence-corrected chi connectivity index (χ2v) is 3.35. The fraction of sp³-hybridized carbons (Fsp3) is 0.909. The molecule has 82 valence electrons. The van der Waals surface area contributed by atoms with Gasteiger partial charge in [0.05, 0.1) is 6.01 Å². The van der Waals surface area contributed by atoms with Crippen LogP contribution in [0.2, 0.25) is 0 Å². The zero-order valence-corrected chi connectivity index (χ0v) is 9.21. The summed E-state index contributed by atoms with van der Waals surface area (Å²) in [5.41, 5.74) is 0. The Morgan fingerprint density at radius 3 is 2.14 bits per heavy atom. The zero-order chi connectivity index (χ0) is 10.5. The molecule has 0 radical (unpaired) electrons. The molecule has 0 rings (SSSR count). The van der Waals surface area contributed by atoms with E-state index in [1.165, 1.54) is 12.8 Å². The maximum atomic E-state index is 8.52. The topological polar surface area (TPSA) is 45.0 Å². The standard InChI is InChI=1S/C11H22N2O/c1-2-3-5-8-12-11-13-9-6-4-7-10-14/h14H,2-10H2,1H3. The maximum absolute atomic E-state index is 8.52. The molecule has 0 saturated carbocycles. The van der Waals surface area contributed by atoms with Crippen LogP contribution in [0.3, 0.4) is 0 Å². The highest BCUT2D eigenvalue weighted by Gasteiger charge is 1.84. The number of hydrogen-bond donors (Lipinski definition) is 1. The van der Waals surface area contributed by atoms with Crippen LogP contribution in [0.1, 0.15) is 45.4 Å². The van der Waals surface area contributed by atoms with Crippen molar-refractivity contribution < 1.29 is 5.11 Å². The van der Waals surface area contributed by atoms with Gasteiger partial charge < -0.3 is 5.11 Å². The summed E-state index contributed by atoms with van der Waals surface area (Å²) in [6, 6.07) is 2.71. The summed E-state index contributed by atoms with van der Waals surface area (Å²) in [6.07, 6.45) is 6.55. The summed E-state index contributed by atoms with van der Waals surface area (Å²) in [5, 5.41) is 8.52. The number of hydrogen-bond acceptors (Lipinski definition) is 3. The average molecular weight is 198 g/mol. The monoisotopic (exact) mass is 198 g/mol. The lowest BCUT2D eigenvalue weighted by atomic mass is 10.2. The molecule has 0 aliphatic rings. The smallest absolute Gasteiger partial charge is 0.0892 e. The summed E-state index contributed by atoms with van der Waals surface area (Å²) in [4.78, 5) is 8.10. The SMILES string of the molecule is CCCCCN=C=NCCCCCO. The van der Waals surface area contributed by atoms with E-state index in [9.17, 15) is 0 Å². The van der Waals surface area contributed by atoms with Gasteiger partial charge in [-0.3, -0.25) is 0 Å². The van der Waals surface area contributed by atoms with Gasteiger partial charge in [0.25, 0.3) is 0 Å². The van der Waals surface area contributed by atoms with E-state index < -0.39 is 0 Å². The average Bonchev–Trinajstić information content (AvgIpc) is 2.21. The van der Waals surface area contributed by atoms with Crippen molar-refractivity contribution in [2.45, 2.75) is 45.4 Å². The van der Waals surface area contributed by atoms with Crippen molar-refractivity contribution in [2.75, 3.05) is 19.7 Å². The Morgan fingerprint density at radius 1 is 0.929 bits per heavy atom. The van der Waals surface area contributed by atoms with Crippen molar-refractivity contribution in [3.8, 4) is 0 Å². The van der Waals surface area contributed by atoms with Crippen molar-refractivity contribution in [3.05, 3.63) is 0 Å². The Morgan fingerprint density at radius 2 is 1.57 bits per heavy atom. The molecule has 3 nitrogen and oxygen atoms in total. The molecule has 0 aliphatic carbocycles. The molecular formula is C11H22N2O. The molecule has 0 aromatic rings. The van der Waals surface area contributed by atoms with Crippen molar-refractivity contribution >= 4 is 6.01 Å². The number of aliphatic hydroxyl groups is 1. The van der Waals surface area contributed by atoms with E-state index >= 15 is 0 Å². The highest BCUT2D eigenvalue weighted by atomic mass is 16.2. The number of rotatable bonds is 9. The lowest BCUT2D eigenvalue weighted by Gasteiger charge is -1.91. The Hall–Kier alpha value is -0.660. The van der Waals surface area contributed by atoms with Crippen LogP contribution < -0.4 is 0 Å². The number of unbranched alkanes of at least 4 members (excludes halogenated alkanes) is 4. The Balaban J connectivity index is 3.16. The molecule has 0 saturated heterocycles. The quantitative estimate of drug-likeness (QED) is 0.449. The summed E-state index contributed by atoms with van der Waals surface area (Å²) in [7, 11) is 0. The third-order valence-electron chi connectivity index (χ3n) is 1.94. The summed E-state index contributed by atoms with van der Waals surface area (Å²) < 4.78 is 0. The Labute approximate surface area is 87.0 Å². The normalized spacial score (nSPS) is 9.57. The highest BCUT2D eigenvalue weighted by molar-refractivity contribution is 5.40. The van der Waals surface area contributed by atoms with Crippen LogP contribution in [-0.4, -0.2) is 30.8 Å². The summed E-state index contributed by atoms with van der Waals surface area (Å²) in [6.45, 7) is 4.11. The van der Waals surface area contributed by atoms with Gasteiger partial charge in [-0.2, -0.15) is 0 Å². The number of nitrogens with zero attached hydrogens (tertiary/aromatic N) is 2. The van der Waals surface area contributed by atoms with E-state index in [4.69, 9.17) is 5.11 Å². The minimum Gasteiger partial charge on any atom is -0.396 e. The second kappa shape index (κ2) is 12.3. The van der Waals surface area contributed by atoms with Crippen molar-refractivity contribution in [1.29, 1.82) is 0 Å². The molecule has 1 N–H and O–H groups in total. The van der Waals surface area contributed by atoms with Crippen LogP contribution in [0, 0.1) is 0 Å². The third kappa shape index (κ3) is 11.3. The minimum atomic E-state index is 0.287. The van der Waals surface area contributed by atoms with Gasteiger partial charge >= 0.3 is 0 Å². The Bertz CT molecular complexity index is 163. The molecule has 0 fully saturated rings. The van der Waals surface area contributed by atoms with Gasteiger partial charge in [0.1, 0.15) is 0 Å². The predicted molar refractivity (Wildman–Crippen MR) is 60.1 cm³/mol. The molecule has 0 atom stereocenters. The van der Waals surface area contributed by atoms with Crippen LogP contribution in [-0.2, 0) is 0 Å². The lowest BCUT2D eigenvalue weighted by Crippen LogP contribution is -1.85. The van der Waals surface area contributed by atoms with Crippen LogP contribution >= 0.6 is 0 Å². The summed E-state index contributed by atoms with van der Waals surface area (Å²) in [5.74, 6) is 0. The second-order valence-electron chi connectivity index (χ2n) is 3.35. The lowest BCUT2D eigenvalue weighted by molar-refractivity contribution is 0.283.